The molecule has 0 aliphatic carbocycles. The molecule has 1 aromatic carbocycles. The number of carbonyl (C=O) groups excluding carboxylic acids is 1. The van der Waals surface area contributed by atoms with E-state index < -0.39 is 23.1 Å². The zero-order valence-electron chi connectivity index (χ0n) is 14.4. The highest BCUT2D eigenvalue weighted by Crippen LogP contribution is 2.26. The van der Waals surface area contributed by atoms with Crippen molar-refractivity contribution >= 4 is 22.6 Å². The monoisotopic (exact) mass is 366 g/mol. The van der Waals surface area contributed by atoms with Crippen LogP contribution >= 0.6 is 11.5 Å². The number of rotatable bonds is 2. The maximum atomic E-state index is 13.8. The predicted octanol–water partition coefficient (Wildman–Crippen LogP) is 3.08. The molecule has 1 aliphatic heterocycles. The van der Waals surface area contributed by atoms with Crippen LogP contribution in [0.3, 0.4) is 0 Å². The van der Waals surface area contributed by atoms with Crippen molar-refractivity contribution in [2.24, 2.45) is 0 Å². The molecule has 1 aromatic heterocycles. The lowest BCUT2D eigenvalue weighted by molar-refractivity contribution is 0.0737. The Labute approximate surface area is 149 Å². The molecule has 134 valence electrons. The van der Waals surface area contributed by atoms with Gasteiger partial charge < -0.3 is 9.80 Å². The van der Waals surface area contributed by atoms with Crippen LogP contribution in [0.2, 0.25) is 0 Å². The maximum Gasteiger partial charge on any atom is 0.259 e. The highest BCUT2D eigenvalue weighted by atomic mass is 32.1. The van der Waals surface area contributed by atoms with Crippen molar-refractivity contribution in [1.29, 1.82) is 0 Å². The van der Waals surface area contributed by atoms with Gasteiger partial charge in [-0.3, -0.25) is 4.79 Å². The molecule has 1 fully saturated rings. The standard InChI is InChI=1S/C17H20F2N4OS/c1-17(2,3)15-20-16(25-21-15)23-9-7-22(8-10-23)14(24)13-11(18)5-4-6-12(13)19/h4-6H,7-10H2,1-3H3. The minimum atomic E-state index is -0.827. The fraction of sp³-hybridized carbons (Fsp3) is 0.471. The average Bonchev–Trinajstić information content (AvgIpc) is 3.05. The number of piperazine rings is 1. The van der Waals surface area contributed by atoms with Crippen LogP contribution in [0.1, 0.15) is 37.0 Å². The summed E-state index contributed by atoms with van der Waals surface area (Å²) in [6.07, 6.45) is 0. The number of anilines is 1. The summed E-state index contributed by atoms with van der Waals surface area (Å²) in [7, 11) is 0. The van der Waals surface area contributed by atoms with Crippen molar-refractivity contribution in [1.82, 2.24) is 14.3 Å². The van der Waals surface area contributed by atoms with Gasteiger partial charge in [0.05, 0.1) is 0 Å². The first-order valence-electron chi connectivity index (χ1n) is 8.10. The smallest absolute Gasteiger partial charge is 0.259 e. The van der Waals surface area contributed by atoms with Gasteiger partial charge in [-0.05, 0) is 12.1 Å². The second-order valence-corrected chi connectivity index (χ2v) is 7.76. The number of carbonyl (C=O) groups is 1. The highest BCUT2D eigenvalue weighted by Gasteiger charge is 2.28. The van der Waals surface area contributed by atoms with Crippen molar-refractivity contribution in [2.45, 2.75) is 26.2 Å². The van der Waals surface area contributed by atoms with Crippen LogP contribution in [0.4, 0.5) is 13.9 Å². The molecule has 3 rings (SSSR count). The third-order valence-corrected chi connectivity index (χ3v) is 4.88. The summed E-state index contributed by atoms with van der Waals surface area (Å²) in [5.41, 5.74) is -0.601. The molecular weight excluding hydrogens is 346 g/mol. The minimum absolute atomic E-state index is 0.116. The van der Waals surface area contributed by atoms with Gasteiger partial charge in [0.15, 0.2) is 0 Å². The van der Waals surface area contributed by atoms with E-state index in [1.807, 2.05) is 4.90 Å². The van der Waals surface area contributed by atoms with Gasteiger partial charge in [-0.25, -0.2) is 13.8 Å². The zero-order valence-corrected chi connectivity index (χ0v) is 15.2. The summed E-state index contributed by atoms with van der Waals surface area (Å²) < 4.78 is 32.0. The van der Waals surface area contributed by atoms with Gasteiger partial charge >= 0.3 is 0 Å². The Morgan fingerprint density at radius 1 is 1.12 bits per heavy atom. The van der Waals surface area contributed by atoms with E-state index in [4.69, 9.17) is 0 Å². The Balaban J connectivity index is 1.68. The van der Waals surface area contributed by atoms with Crippen molar-refractivity contribution in [3.8, 4) is 0 Å². The molecule has 1 aliphatic rings. The molecule has 25 heavy (non-hydrogen) atoms. The number of nitrogens with zero attached hydrogens (tertiary/aromatic N) is 4. The number of hydrogen-bond donors (Lipinski definition) is 0. The van der Waals surface area contributed by atoms with E-state index in [0.717, 1.165) is 23.1 Å². The lowest BCUT2D eigenvalue weighted by Crippen LogP contribution is -2.49. The molecule has 1 amide bonds. The van der Waals surface area contributed by atoms with Crippen LogP contribution in [-0.2, 0) is 5.41 Å². The molecule has 8 heteroatoms. The molecule has 0 N–H and O–H groups in total. The molecule has 0 unspecified atom stereocenters. The molecule has 0 bridgehead atoms. The lowest BCUT2D eigenvalue weighted by atomic mass is 9.96. The summed E-state index contributed by atoms with van der Waals surface area (Å²) in [4.78, 5) is 20.5. The van der Waals surface area contributed by atoms with Crippen LogP contribution < -0.4 is 4.90 Å². The van der Waals surface area contributed by atoms with E-state index in [-0.39, 0.29) is 5.41 Å². The van der Waals surface area contributed by atoms with E-state index in [1.165, 1.54) is 22.5 Å². The van der Waals surface area contributed by atoms with E-state index in [9.17, 15) is 13.6 Å². The van der Waals surface area contributed by atoms with Crippen LogP contribution in [0, 0.1) is 11.6 Å². The number of amides is 1. The van der Waals surface area contributed by atoms with Gasteiger partial charge in [-0.2, -0.15) is 4.37 Å². The fourth-order valence-corrected chi connectivity index (χ4v) is 3.52. The normalized spacial score (nSPS) is 15.6. The maximum absolute atomic E-state index is 13.8. The largest absolute Gasteiger partial charge is 0.343 e. The molecule has 2 aromatic rings. The van der Waals surface area contributed by atoms with E-state index in [2.05, 4.69) is 30.1 Å². The Hall–Kier alpha value is -2.09. The van der Waals surface area contributed by atoms with Crippen LogP contribution in [0.15, 0.2) is 18.2 Å². The number of hydrogen-bond acceptors (Lipinski definition) is 5. The van der Waals surface area contributed by atoms with Crippen LogP contribution in [0.5, 0.6) is 0 Å². The van der Waals surface area contributed by atoms with Gasteiger partial charge in [-0.15, -0.1) is 0 Å². The second-order valence-electron chi connectivity index (χ2n) is 7.03. The van der Waals surface area contributed by atoms with Crippen molar-refractivity contribution in [2.75, 3.05) is 31.1 Å². The predicted molar refractivity (Wildman–Crippen MR) is 93.1 cm³/mol. The van der Waals surface area contributed by atoms with Crippen LogP contribution in [0.25, 0.3) is 0 Å². The van der Waals surface area contributed by atoms with E-state index in [0.29, 0.717) is 26.2 Å². The summed E-state index contributed by atoms with van der Waals surface area (Å²) in [5, 5.41) is 0.814. The van der Waals surface area contributed by atoms with Gasteiger partial charge in [0.1, 0.15) is 23.0 Å². The first-order valence-corrected chi connectivity index (χ1v) is 8.87. The second kappa shape index (κ2) is 6.67. The molecule has 0 radical (unpaired) electrons. The van der Waals surface area contributed by atoms with Gasteiger partial charge in [0.2, 0.25) is 5.13 Å². The Morgan fingerprint density at radius 2 is 1.72 bits per heavy atom. The van der Waals surface area contributed by atoms with Gasteiger partial charge in [-0.1, -0.05) is 26.8 Å². The summed E-state index contributed by atoms with van der Waals surface area (Å²) in [6.45, 7) is 8.05. The third-order valence-electron chi connectivity index (χ3n) is 4.10. The number of halogens is 2. The first-order chi connectivity index (χ1) is 11.8. The lowest BCUT2D eigenvalue weighted by Gasteiger charge is -2.34. The molecular formula is C17H20F2N4OS. The fourth-order valence-electron chi connectivity index (χ4n) is 2.61. The summed E-state index contributed by atoms with van der Waals surface area (Å²) >= 11 is 1.34. The van der Waals surface area contributed by atoms with Gasteiger partial charge in [0.25, 0.3) is 5.91 Å². The van der Waals surface area contributed by atoms with E-state index >= 15 is 0 Å². The Kier molecular flexibility index (Phi) is 4.73. The Bertz CT molecular complexity index is 759. The van der Waals surface area contributed by atoms with Crippen molar-refractivity contribution in [3.63, 3.8) is 0 Å². The van der Waals surface area contributed by atoms with Crippen molar-refractivity contribution < 1.29 is 13.6 Å². The summed E-state index contributed by atoms with van der Waals surface area (Å²) in [5.74, 6) is -1.47. The zero-order chi connectivity index (χ0) is 18.2. The quantitative estimate of drug-likeness (QED) is 0.820. The molecule has 0 spiro atoms. The summed E-state index contributed by atoms with van der Waals surface area (Å²) in [6, 6.07) is 3.45. The number of benzene rings is 1. The Morgan fingerprint density at radius 3 is 2.24 bits per heavy atom. The average molecular weight is 366 g/mol. The first kappa shape index (κ1) is 17.7. The van der Waals surface area contributed by atoms with Crippen LogP contribution in [-0.4, -0.2) is 46.3 Å². The highest BCUT2D eigenvalue weighted by molar-refractivity contribution is 7.09. The molecule has 0 atom stereocenters. The van der Waals surface area contributed by atoms with E-state index in [1.54, 1.807) is 0 Å². The molecule has 5 nitrogen and oxygen atoms in total. The van der Waals surface area contributed by atoms with Crippen molar-refractivity contribution in [3.05, 3.63) is 41.2 Å². The molecule has 2 heterocycles. The molecule has 0 saturated carbocycles. The topological polar surface area (TPSA) is 49.3 Å². The third kappa shape index (κ3) is 3.63. The minimum Gasteiger partial charge on any atom is -0.343 e. The number of aromatic nitrogens is 2. The van der Waals surface area contributed by atoms with Gasteiger partial charge in [0, 0.05) is 43.1 Å². The molecule has 1 saturated heterocycles. The SMILES string of the molecule is CC(C)(C)c1nsc(N2CCN(C(=O)c3c(F)cccc3F)CC2)n1.